The Kier molecular flexibility index (Phi) is 7.16. The van der Waals surface area contributed by atoms with Crippen LogP contribution in [0, 0.1) is 11.6 Å². The number of hydrogen-bond donors (Lipinski definition) is 0. The minimum atomic E-state index is -0.558. The molecule has 0 aliphatic heterocycles. The summed E-state index contributed by atoms with van der Waals surface area (Å²) in [4.78, 5) is 29.3. The van der Waals surface area contributed by atoms with Crippen molar-refractivity contribution in [2.75, 3.05) is 12.9 Å². The van der Waals surface area contributed by atoms with Gasteiger partial charge in [-0.1, -0.05) is 17.4 Å². The van der Waals surface area contributed by atoms with E-state index in [2.05, 4.69) is 9.73 Å². The van der Waals surface area contributed by atoms with Gasteiger partial charge in [0.15, 0.2) is 4.80 Å². The number of carbonyl (C=O) groups excluding carboxylic acids is 2. The fourth-order valence-corrected chi connectivity index (χ4v) is 4.53. The van der Waals surface area contributed by atoms with E-state index in [0.717, 1.165) is 16.2 Å². The lowest BCUT2D eigenvalue weighted by molar-refractivity contribution is -0.141. The highest BCUT2D eigenvalue weighted by molar-refractivity contribution is 7.99. The molecule has 0 saturated carbocycles. The Balaban J connectivity index is 1.72. The quantitative estimate of drug-likeness (QED) is 0.317. The molecular weight excluding hydrogens is 418 g/mol. The number of aromatic nitrogens is 1. The average molecular weight is 437 g/mol. The fourth-order valence-electron chi connectivity index (χ4n) is 2.62. The molecule has 0 bridgehead atoms. The number of esters is 1. The first-order chi connectivity index (χ1) is 14.0. The van der Waals surface area contributed by atoms with Gasteiger partial charge in [-0.25, -0.2) is 8.78 Å². The summed E-state index contributed by atoms with van der Waals surface area (Å²) in [5.41, 5.74) is 0.223. The van der Waals surface area contributed by atoms with E-state index < -0.39 is 11.8 Å². The van der Waals surface area contributed by atoms with E-state index in [0.29, 0.717) is 16.9 Å². The molecule has 0 aliphatic carbocycles. The number of para-hydroxylation sites is 1. The van der Waals surface area contributed by atoms with Crippen LogP contribution in [0.15, 0.2) is 52.4 Å². The van der Waals surface area contributed by atoms with Crippen molar-refractivity contribution in [3.63, 3.8) is 0 Å². The van der Waals surface area contributed by atoms with Gasteiger partial charge >= 0.3 is 5.97 Å². The van der Waals surface area contributed by atoms with Crippen LogP contribution in [0.3, 0.4) is 0 Å². The van der Waals surface area contributed by atoms with Gasteiger partial charge < -0.3 is 9.30 Å². The number of rotatable bonds is 7. The van der Waals surface area contributed by atoms with E-state index in [1.165, 1.54) is 41.6 Å². The maximum Gasteiger partial charge on any atom is 0.325 e. The van der Waals surface area contributed by atoms with E-state index >= 15 is 0 Å². The van der Waals surface area contributed by atoms with Crippen molar-refractivity contribution in [2.45, 2.75) is 24.3 Å². The molecule has 0 atom stereocenters. The second-order valence-corrected chi connectivity index (χ2v) is 8.22. The SMILES string of the molecule is COC(=O)Cn1c(=NC(=O)CCCSc2ccc(F)cc2)sc2cccc(F)c21. The average Bonchev–Trinajstić information content (AvgIpc) is 3.04. The van der Waals surface area contributed by atoms with Gasteiger partial charge in [-0.05, 0) is 48.6 Å². The lowest BCUT2D eigenvalue weighted by Gasteiger charge is -2.04. The predicted molar refractivity (Wildman–Crippen MR) is 109 cm³/mol. The summed E-state index contributed by atoms with van der Waals surface area (Å²) < 4.78 is 33.8. The smallest absolute Gasteiger partial charge is 0.325 e. The lowest BCUT2D eigenvalue weighted by Crippen LogP contribution is -2.22. The molecular formula is C20H18F2N2O3S2. The maximum atomic E-state index is 14.3. The first kappa shape index (κ1) is 21.2. The van der Waals surface area contributed by atoms with Crippen LogP contribution in [0.4, 0.5) is 8.78 Å². The standard InChI is InChI=1S/C20H18F2N2O3S2/c1-27-18(26)12-24-19-15(22)4-2-5-16(19)29-20(24)23-17(25)6-3-11-28-14-9-7-13(21)8-10-14/h2,4-5,7-10H,3,6,11-12H2,1H3. The Morgan fingerprint density at radius 2 is 1.93 bits per heavy atom. The number of hydrogen-bond acceptors (Lipinski definition) is 5. The zero-order valence-corrected chi connectivity index (χ0v) is 17.2. The van der Waals surface area contributed by atoms with E-state index in [1.54, 1.807) is 24.3 Å². The van der Waals surface area contributed by atoms with Crippen molar-refractivity contribution in [1.82, 2.24) is 4.57 Å². The van der Waals surface area contributed by atoms with Gasteiger partial charge in [0.1, 0.15) is 18.2 Å². The molecule has 3 rings (SSSR count). The van der Waals surface area contributed by atoms with Crippen LogP contribution in [0.2, 0.25) is 0 Å². The molecule has 0 fully saturated rings. The number of thioether (sulfide) groups is 1. The number of benzene rings is 2. The molecule has 1 heterocycles. The number of ether oxygens (including phenoxy) is 1. The third kappa shape index (κ3) is 5.51. The molecule has 29 heavy (non-hydrogen) atoms. The van der Waals surface area contributed by atoms with Gasteiger partial charge in [-0.3, -0.25) is 9.59 Å². The molecule has 1 amide bonds. The molecule has 0 unspecified atom stereocenters. The number of fused-ring (bicyclic) bond motifs is 1. The molecule has 152 valence electrons. The van der Waals surface area contributed by atoms with Crippen LogP contribution < -0.4 is 4.80 Å². The summed E-state index contributed by atoms with van der Waals surface area (Å²) in [5.74, 6) is -1.01. The fraction of sp³-hybridized carbons (Fsp3) is 0.250. The van der Waals surface area contributed by atoms with Crippen LogP contribution in [-0.2, 0) is 20.9 Å². The Bertz CT molecular complexity index is 1090. The van der Waals surface area contributed by atoms with Gasteiger partial charge in [0.05, 0.1) is 17.3 Å². The van der Waals surface area contributed by atoms with Crippen molar-refractivity contribution in [3.05, 3.63) is 58.9 Å². The zero-order valence-electron chi connectivity index (χ0n) is 15.6. The molecule has 5 nitrogen and oxygen atoms in total. The van der Waals surface area contributed by atoms with Crippen molar-refractivity contribution in [3.8, 4) is 0 Å². The molecule has 0 saturated heterocycles. The summed E-state index contributed by atoms with van der Waals surface area (Å²) in [6.07, 6.45) is 0.795. The van der Waals surface area contributed by atoms with E-state index in [-0.39, 0.29) is 35.0 Å². The normalized spacial score (nSPS) is 11.8. The van der Waals surface area contributed by atoms with Gasteiger partial charge in [0, 0.05) is 11.3 Å². The van der Waals surface area contributed by atoms with Gasteiger partial charge in [-0.2, -0.15) is 4.99 Å². The Hall–Kier alpha value is -2.52. The van der Waals surface area contributed by atoms with E-state index in [9.17, 15) is 18.4 Å². The number of carbonyl (C=O) groups is 2. The summed E-state index contributed by atoms with van der Waals surface area (Å²) in [5, 5.41) is 0. The van der Waals surface area contributed by atoms with E-state index in [1.807, 2.05) is 0 Å². The zero-order chi connectivity index (χ0) is 20.8. The number of amides is 1. The minimum Gasteiger partial charge on any atom is -0.468 e. The summed E-state index contributed by atoms with van der Waals surface area (Å²) in [6, 6.07) is 10.7. The third-order valence-corrected chi connectivity index (χ3v) is 6.15. The van der Waals surface area contributed by atoms with Crippen LogP contribution in [-0.4, -0.2) is 29.3 Å². The molecule has 3 aromatic rings. The Morgan fingerprint density at radius 3 is 2.66 bits per heavy atom. The monoisotopic (exact) mass is 436 g/mol. The number of methoxy groups -OCH3 is 1. The highest BCUT2D eigenvalue weighted by atomic mass is 32.2. The Morgan fingerprint density at radius 1 is 1.17 bits per heavy atom. The van der Waals surface area contributed by atoms with Crippen LogP contribution in [0.25, 0.3) is 10.2 Å². The van der Waals surface area contributed by atoms with Crippen molar-refractivity contribution in [1.29, 1.82) is 0 Å². The minimum absolute atomic E-state index is 0.211. The van der Waals surface area contributed by atoms with Crippen molar-refractivity contribution < 1.29 is 23.1 Å². The number of nitrogens with zero attached hydrogens (tertiary/aromatic N) is 2. The van der Waals surface area contributed by atoms with Crippen LogP contribution >= 0.6 is 23.1 Å². The molecule has 0 aliphatic rings. The molecule has 2 aromatic carbocycles. The second kappa shape index (κ2) is 9.80. The summed E-state index contributed by atoms with van der Waals surface area (Å²) in [7, 11) is 1.24. The lowest BCUT2D eigenvalue weighted by atomic mass is 10.3. The highest BCUT2D eigenvalue weighted by Crippen LogP contribution is 2.21. The van der Waals surface area contributed by atoms with Crippen LogP contribution in [0.5, 0.6) is 0 Å². The molecule has 0 radical (unpaired) electrons. The topological polar surface area (TPSA) is 60.7 Å². The van der Waals surface area contributed by atoms with Crippen molar-refractivity contribution in [2.24, 2.45) is 4.99 Å². The van der Waals surface area contributed by atoms with Crippen LogP contribution in [0.1, 0.15) is 12.8 Å². The first-order valence-electron chi connectivity index (χ1n) is 8.78. The third-order valence-electron chi connectivity index (χ3n) is 4.00. The summed E-state index contributed by atoms with van der Waals surface area (Å²) >= 11 is 2.67. The Labute approximate surface area is 174 Å². The van der Waals surface area contributed by atoms with E-state index in [4.69, 9.17) is 0 Å². The largest absolute Gasteiger partial charge is 0.468 e. The van der Waals surface area contributed by atoms with Gasteiger partial charge in [0.25, 0.3) is 0 Å². The number of thiazole rings is 1. The van der Waals surface area contributed by atoms with Crippen molar-refractivity contribution >= 4 is 45.2 Å². The molecule has 1 aromatic heterocycles. The molecule has 0 N–H and O–H groups in total. The first-order valence-corrected chi connectivity index (χ1v) is 10.6. The summed E-state index contributed by atoms with van der Waals surface area (Å²) in [6.45, 7) is -0.232. The molecule has 0 spiro atoms. The maximum absolute atomic E-state index is 14.3. The number of halogens is 2. The predicted octanol–water partition coefficient (Wildman–Crippen LogP) is 4.15. The molecule has 9 heteroatoms. The van der Waals surface area contributed by atoms with Gasteiger partial charge in [0.2, 0.25) is 5.91 Å². The highest BCUT2D eigenvalue weighted by Gasteiger charge is 2.14. The van der Waals surface area contributed by atoms with Gasteiger partial charge in [-0.15, -0.1) is 11.8 Å². The second-order valence-electron chi connectivity index (χ2n) is 6.04.